The summed E-state index contributed by atoms with van der Waals surface area (Å²) < 4.78 is 54.9. The molecule has 0 radical (unpaired) electrons. The lowest BCUT2D eigenvalue weighted by atomic mass is 10.2. The predicted octanol–water partition coefficient (Wildman–Crippen LogP) is 2.76. The molecule has 0 aromatic heterocycles. The zero-order valence-corrected chi connectivity index (χ0v) is 26.2. The molecule has 9 nitrogen and oxygen atoms in total. The van der Waals surface area contributed by atoms with Crippen LogP contribution < -0.4 is 0 Å². The molecule has 0 aromatic carbocycles. The Bertz CT molecular complexity index is 942. The molecule has 3 amide bonds. The van der Waals surface area contributed by atoms with Crippen LogP contribution in [0.3, 0.4) is 0 Å². The number of halogens is 3. The highest BCUT2D eigenvalue weighted by atomic mass is 32.1. The Kier molecular flexibility index (Phi) is 11.3. The molecule has 6 heterocycles. The quantitative estimate of drug-likeness (QED) is 0.414. The van der Waals surface area contributed by atoms with Gasteiger partial charge < -0.3 is 28.9 Å². The normalized spacial score (nSPS) is 33.5. The molecule has 0 N–H and O–H groups in total. The van der Waals surface area contributed by atoms with Gasteiger partial charge in [0, 0.05) is 19.3 Å². The Hall–Kier alpha value is -0.870. The van der Waals surface area contributed by atoms with Crippen LogP contribution in [0.25, 0.3) is 0 Å². The summed E-state index contributed by atoms with van der Waals surface area (Å²) in [5, 5.41) is 0. The van der Waals surface area contributed by atoms with E-state index in [0.29, 0.717) is 25.5 Å². The second-order valence-electron chi connectivity index (χ2n) is 11.5. The van der Waals surface area contributed by atoms with Crippen LogP contribution in [0.5, 0.6) is 0 Å². The first kappa shape index (κ1) is 36.2. The molecule has 0 saturated carbocycles. The van der Waals surface area contributed by atoms with Gasteiger partial charge in [0.25, 0.3) is 11.8 Å². The van der Waals surface area contributed by atoms with Crippen LogP contribution in [-0.4, -0.2) is 99.6 Å². The molecule has 6 aliphatic rings. The monoisotopic (exact) mass is 621 g/mol. The van der Waals surface area contributed by atoms with Crippen LogP contribution in [0.2, 0.25) is 0 Å². The van der Waals surface area contributed by atoms with Crippen LogP contribution in [0.15, 0.2) is 0 Å². The van der Waals surface area contributed by atoms with E-state index in [1.54, 1.807) is 27.7 Å². The van der Waals surface area contributed by atoms with Crippen LogP contribution >= 0.6 is 40.5 Å². The third-order valence-corrected chi connectivity index (χ3v) is 7.69. The summed E-state index contributed by atoms with van der Waals surface area (Å²) in [6.07, 6.45) is 0.259. The number of alkyl halides is 3. The van der Waals surface area contributed by atoms with Crippen molar-refractivity contribution >= 4 is 58.2 Å². The molecule has 4 atom stereocenters. The first-order valence-electron chi connectivity index (χ1n) is 12.4. The minimum atomic E-state index is -3.19. The van der Waals surface area contributed by atoms with Crippen molar-refractivity contribution in [2.24, 2.45) is 0 Å². The highest BCUT2D eigenvalue weighted by Gasteiger charge is 2.60. The highest BCUT2D eigenvalue weighted by Crippen LogP contribution is 2.42. The minimum absolute atomic E-state index is 0. The summed E-state index contributed by atoms with van der Waals surface area (Å²) >= 11 is 0. The maximum absolute atomic E-state index is 13.0. The van der Waals surface area contributed by atoms with E-state index < -0.39 is 47.8 Å². The predicted molar refractivity (Wildman–Crippen MR) is 151 cm³/mol. The summed E-state index contributed by atoms with van der Waals surface area (Å²) in [4.78, 5) is 38.4. The van der Waals surface area contributed by atoms with E-state index in [4.69, 9.17) is 14.2 Å². The van der Waals surface area contributed by atoms with Gasteiger partial charge in [0.05, 0.1) is 37.9 Å². The van der Waals surface area contributed by atoms with Crippen molar-refractivity contribution in [3.63, 3.8) is 0 Å². The lowest BCUT2D eigenvalue weighted by Crippen LogP contribution is -2.46. The molecular weight excluding hydrogens is 579 g/mol. The second-order valence-corrected chi connectivity index (χ2v) is 11.5. The minimum Gasteiger partial charge on any atom is -0.354 e. The van der Waals surface area contributed by atoms with Gasteiger partial charge in [-0.2, -0.15) is 49.3 Å². The second kappa shape index (κ2) is 12.2. The Morgan fingerprint density at radius 2 is 1.18 bits per heavy atom. The Labute approximate surface area is 248 Å². The molecule has 228 valence electrons. The van der Waals surface area contributed by atoms with Gasteiger partial charge in [-0.1, -0.05) is 0 Å². The average molecular weight is 622 g/mol. The Balaban J connectivity index is 0.000000282. The lowest BCUT2D eigenvalue weighted by molar-refractivity contribution is -0.161. The summed E-state index contributed by atoms with van der Waals surface area (Å²) in [5.41, 5.74) is -1.83. The summed E-state index contributed by atoms with van der Waals surface area (Å²) in [6.45, 7) is 12.2. The number of hydrogen-bond acceptors (Lipinski definition) is 6. The fraction of sp³-hybridized carbons (Fsp3) is 0.875. The van der Waals surface area contributed by atoms with Gasteiger partial charge in [-0.05, 0) is 48.0 Å². The molecule has 39 heavy (non-hydrogen) atoms. The van der Waals surface area contributed by atoms with Crippen LogP contribution in [-0.2, 0) is 28.6 Å². The Morgan fingerprint density at radius 1 is 0.718 bits per heavy atom. The fourth-order valence-electron chi connectivity index (χ4n) is 6.01. The van der Waals surface area contributed by atoms with Gasteiger partial charge >= 0.3 is 5.92 Å². The van der Waals surface area contributed by atoms with Crippen molar-refractivity contribution in [1.82, 2.24) is 14.7 Å². The summed E-state index contributed by atoms with van der Waals surface area (Å²) in [7, 11) is 0. The molecule has 0 aromatic rings. The van der Waals surface area contributed by atoms with E-state index in [1.807, 2.05) is 18.7 Å². The largest absolute Gasteiger partial charge is 0.354 e. The first-order valence-corrected chi connectivity index (χ1v) is 12.4. The van der Waals surface area contributed by atoms with Crippen molar-refractivity contribution in [1.29, 1.82) is 0 Å². The van der Waals surface area contributed by atoms with Crippen LogP contribution in [0.4, 0.5) is 13.2 Å². The van der Waals surface area contributed by atoms with Crippen molar-refractivity contribution in [2.45, 2.75) is 115 Å². The smallest absolute Gasteiger partial charge is 0.326 e. The molecule has 6 saturated heterocycles. The SMILES string of the molecule is CC1(C)OC[C@@H]2CC(F)(F)C(=O)N21.CC1(C)OC[C@@H]2CC(F)C(=O)N21.CC1(C)OC[C@@H]2CCC(=O)N21.S.S.S. The number of carbonyl (C=O) groups is 3. The zero-order valence-electron chi connectivity index (χ0n) is 23.2. The van der Waals surface area contributed by atoms with Gasteiger partial charge in [0.1, 0.15) is 17.2 Å². The van der Waals surface area contributed by atoms with Crippen molar-refractivity contribution < 1.29 is 41.8 Å². The number of rotatable bonds is 0. The van der Waals surface area contributed by atoms with Crippen molar-refractivity contribution in [3.05, 3.63) is 0 Å². The standard InChI is InChI=1S/C8H11F2NO2.C8H12FNO2.C8H13NO2.3H2S/c1-7(2)11-5(4-13-7)3-8(9,10)6(11)12;1-8(2)10-5(4-12-8)3-6(9)7(10)11;1-8(2)9-6(5-11-8)3-4-7(9)10;;;/h5H,3-4H2,1-2H3;5-6H,3-4H2,1-2H3;6H,3-5H2,1-2H3;3*1H2/t5-;5-,6?;6-;;;/m000.../s1. The van der Waals surface area contributed by atoms with Crippen LogP contribution in [0.1, 0.15) is 67.2 Å². The Morgan fingerprint density at radius 3 is 1.67 bits per heavy atom. The number of fused-ring (bicyclic) bond motifs is 3. The van der Waals surface area contributed by atoms with Gasteiger partial charge in [0.15, 0.2) is 6.17 Å². The number of hydrogen-bond donors (Lipinski definition) is 0. The van der Waals surface area contributed by atoms with E-state index >= 15 is 0 Å². The fourth-order valence-corrected chi connectivity index (χ4v) is 6.01. The van der Waals surface area contributed by atoms with E-state index in [9.17, 15) is 27.6 Å². The molecular formula is C24H42F3N3O6S3. The molecule has 15 heteroatoms. The number of ether oxygens (including phenoxy) is 3. The van der Waals surface area contributed by atoms with Gasteiger partial charge in [0.2, 0.25) is 5.91 Å². The van der Waals surface area contributed by atoms with Gasteiger partial charge in [-0.15, -0.1) is 0 Å². The zero-order chi connectivity index (χ0) is 26.8. The van der Waals surface area contributed by atoms with Gasteiger partial charge in [-0.3, -0.25) is 14.4 Å². The molecule has 6 rings (SSSR count). The number of nitrogens with zero attached hydrogens (tertiary/aromatic N) is 3. The third kappa shape index (κ3) is 6.63. The molecule has 0 bridgehead atoms. The maximum atomic E-state index is 13.0. The van der Waals surface area contributed by atoms with Crippen molar-refractivity contribution in [3.8, 4) is 0 Å². The first-order chi connectivity index (χ1) is 16.5. The van der Waals surface area contributed by atoms with Gasteiger partial charge in [-0.25, -0.2) is 4.39 Å². The molecule has 1 unspecified atom stereocenters. The summed E-state index contributed by atoms with van der Waals surface area (Å²) in [6, 6.07) is -0.127. The molecule has 0 spiro atoms. The summed E-state index contributed by atoms with van der Waals surface area (Å²) in [5.74, 6) is -4.45. The lowest BCUT2D eigenvalue weighted by Gasteiger charge is -2.29. The van der Waals surface area contributed by atoms with E-state index in [0.717, 1.165) is 17.9 Å². The van der Waals surface area contributed by atoms with E-state index in [1.165, 1.54) is 4.90 Å². The third-order valence-electron chi connectivity index (χ3n) is 7.69. The van der Waals surface area contributed by atoms with Crippen LogP contribution in [0, 0.1) is 0 Å². The van der Waals surface area contributed by atoms with E-state index in [2.05, 4.69) is 0 Å². The maximum Gasteiger partial charge on any atom is 0.326 e. The van der Waals surface area contributed by atoms with Crippen molar-refractivity contribution in [2.75, 3.05) is 19.8 Å². The number of amides is 3. The topological polar surface area (TPSA) is 88.6 Å². The average Bonchev–Trinajstić information content (AvgIpc) is 3.54. The molecule has 0 aliphatic carbocycles. The number of carbonyl (C=O) groups excluding carboxylic acids is 3. The highest BCUT2D eigenvalue weighted by molar-refractivity contribution is 7.59. The van der Waals surface area contributed by atoms with E-state index in [-0.39, 0.29) is 64.8 Å². The molecule has 6 fully saturated rings. The molecule has 6 aliphatic heterocycles.